The highest BCUT2D eigenvalue weighted by atomic mass is 127. The quantitative estimate of drug-likeness (QED) is 0.831. The summed E-state index contributed by atoms with van der Waals surface area (Å²) in [5.41, 5.74) is 3.57. The zero-order valence-electron chi connectivity index (χ0n) is 10.5. The normalized spacial score (nSPS) is 10.2. The van der Waals surface area contributed by atoms with Crippen molar-refractivity contribution >= 4 is 28.3 Å². The largest absolute Gasteiger partial charge is 0.496 e. The summed E-state index contributed by atoms with van der Waals surface area (Å²) in [5, 5.41) is 3.42. The highest BCUT2D eigenvalue weighted by molar-refractivity contribution is 14.1. The SMILES string of the molecule is COc1ccc(CNc2cccc(I)c2)cc1C. The summed E-state index contributed by atoms with van der Waals surface area (Å²) in [7, 11) is 1.70. The minimum Gasteiger partial charge on any atom is -0.496 e. The molecule has 1 N–H and O–H groups in total. The molecule has 0 aromatic heterocycles. The van der Waals surface area contributed by atoms with Crippen LogP contribution in [0, 0.1) is 10.5 Å². The Kier molecular flexibility index (Phi) is 4.47. The summed E-state index contributed by atoms with van der Waals surface area (Å²) >= 11 is 2.32. The Morgan fingerprint density at radius 3 is 2.67 bits per heavy atom. The molecule has 0 saturated carbocycles. The molecule has 0 bridgehead atoms. The van der Waals surface area contributed by atoms with Gasteiger partial charge in [0.05, 0.1) is 7.11 Å². The maximum atomic E-state index is 5.26. The van der Waals surface area contributed by atoms with E-state index in [4.69, 9.17) is 4.74 Å². The third-order valence-electron chi connectivity index (χ3n) is 2.78. The average Bonchev–Trinajstić information content (AvgIpc) is 2.37. The van der Waals surface area contributed by atoms with E-state index in [2.05, 4.69) is 71.2 Å². The Bertz CT molecular complexity index is 540. The van der Waals surface area contributed by atoms with Gasteiger partial charge in [0.25, 0.3) is 0 Å². The molecule has 0 aliphatic carbocycles. The van der Waals surface area contributed by atoms with Crippen molar-refractivity contribution in [3.63, 3.8) is 0 Å². The van der Waals surface area contributed by atoms with Crippen LogP contribution in [-0.4, -0.2) is 7.11 Å². The maximum absolute atomic E-state index is 5.26. The van der Waals surface area contributed by atoms with Gasteiger partial charge in [-0.15, -0.1) is 0 Å². The number of aryl methyl sites for hydroxylation is 1. The lowest BCUT2D eigenvalue weighted by Gasteiger charge is -2.09. The molecule has 0 amide bonds. The lowest BCUT2D eigenvalue weighted by molar-refractivity contribution is 0.411. The van der Waals surface area contributed by atoms with E-state index in [1.54, 1.807) is 7.11 Å². The number of hydrogen-bond acceptors (Lipinski definition) is 2. The van der Waals surface area contributed by atoms with Crippen molar-refractivity contribution in [1.29, 1.82) is 0 Å². The molecule has 0 aliphatic heterocycles. The molecule has 0 heterocycles. The first-order valence-electron chi connectivity index (χ1n) is 5.82. The zero-order chi connectivity index (χ0) is 13.0. The predicted octanol–water partition coefficient (Wildman–Crippen LogP) is 4.22. The highest BCUT2D eigenvalue weighted by Crippen LogP contribution is 2.19. The molecular formula is C15H16INO. The second-order valence-corrected chi connectivity index (χ2v) is 5.41. The van der Waals surface area contributed by atoms with Crippen molar-refractivity contribution in [1.82, 2.24) is 0 Å². The molecule has 2 rings (SSSR count). The first-order valence-corrected chi connectivity index (χ1v) is 6.90. The molecule has 0 atom stereocenters. The molecule has 0 unspecified atom stereocenters. The Morgan fingerprint density at radius 2 is 2.00 bits per heavy atom. The van der Waals surface area contributed by atoms with Crippen molar-refractivity contribution in [2.45, 2.75) is 13.5 Å². The second kappa shape index (κ2) is 6.09. The van der Waals surface area contributed by atoms with Crippen LogP contribution in [0.5, 0.6) is 5.75 Å². The van der Waals surface area contributed by atoms with Gasteiger partial charge in [-0.3, -0.25) is 0 Å². The first-order chi connectivity index (χ1) is 8.69. The van der Waals surface area contributed by atoms with Gasteiger partial charge in [-0.1, -0.05) is 18.2 Å². The highest BCUT2D eigenvalue weighted by Gasteiger charge is 2.00. The monoisotopic (exact) mass is 353 g/mol. The molecule has 94 valence electrons. The fraction of sp³-hybridized carbons (Fsp3) is 0.200. The van der Waals surface area contributed by atoms with Gasteiger partial charge in [-0.25, -0.2) is 0 Å². The molecule has 0 saturated heterocycles. The van der Waals surface area contributed by atoms with Gasteiger partial charge in [0, 0.05) is 15.8 Å². The Morgan fingerprint density at radius 1 is 1.17 bits per heavy atom. The maximum Gasteiger partial charge on any atom is 0.121 e. The molecule has 2 aromatic carbocycles. The van der Waals surface area contributed by atoms with Gasteiger partial charge in [0.1, 0.15) is 5.75 Å². The van der Waals surface area contributed by atoms with Crippen molar-refractivity contribution < 1.29 is 4.74 Å². The summed E-state index contributed by atoms with van der Waals surface area (Å²) in [5.74, 6) is 0.938. The Balaban J connectivity index is 2.04. The summed E-state index contributed by atoms with van der Waals surface area (Å²) in [6.07, 6.45) is 0. The van der Waals surface area contributed by atoms with E-state index in [9.17, 15) is 0 Å². The number of methoxy groups -OCH3 is 1. The van der Waals surface area contributed by atoms with Gasteiger partial charge in [-0.2, -0.15) is 0 Å². The third kappa shape index (κ3) is 3.38. The van der Waals surface area contributed by atoms with E-state index < -0.39 is 0 Å². The molecule has 18 heavy (non-hydrogen) atoms. The summed E-state index contributed by atoms with van der Waals surface area (Å²) in [6, 6.07) is 14.6. The van der Waals surface area contributed by atoms with Crippen LogP contribution in [-0.2, 0) is 6.54 Å². The first kappa shape index (κ1) is 13.2. The fourth-order valence-electron chi connectivity index (χ4n) is 1.85. The van der Waals surface area contributed by atoms with Gasteiger partial charge < -0.3 is 10.1 Å². The van der Waals surface area contributed by atoms with Crippen LogP contribution >= 0.6 is 22.6 Å². The average molecular weight is 353 g/mol. The van der Waals surface area contributed by atoms with Gasteiger partial charge in [-0.05, 0) is 64.9 Å². The van der Waals surface area contributed by atoms with Crippen molar-refractivity contribution in [2.24, 2.45) is 0 Å². The second-order valence-electron chi connectivity index (χ2n) is 4.17. The van der Waals surface area contributed by atoms with Crippen molar-refractivity contribution in [2.75, 3.05) is 12.4 Å². The molecule has 2 nitrogen and oxygen atoms in total. The van der Waals surface area contributed by atoms with E-state index in [0.717, 1.165) is 18.0 Å². The molecule has 2 aromatic rings. The smallest absolute Gasteiger partial charge is 0.121 e. The van der Waals surface area contributed by atoms with Gasteiger partial charge in [0.15, 0.2) is 0 Å². The van der Waals surface area contributed by atoms with Gasteiger partial charge >= 0.3 is 0 Å². The number of anilines is 1. The molecule has 0 radical (unpaired) electrons. The van der Waals surface area contributed by atoms with E-state index in [1.165, 1.54) is 14.7 Å². The summed E-state index contributed by atoms with van der Waals surface area (Å²) in [4.78, 5) is 0. The van der Waals surface area contributed by atoms with Crippen LogP contribution in [0.25, 0.3) is 0 Å². The Labute approximate surface area is 122 Å². The van der Waals surface area contributed by atoms with Crippen molar-refractivity contribution in [3.8, 4) is 5.75 Å². The third-order valence-corrected chi connectivity index (χ3v) is 3.45. The topological polar surface area (TPSA) is 21.3 Å². The number of nitrogens with one attached hydrogen (secondary N) is 1. The number of rotatable bonds is 4. The number of ether oxygens (including phenoxy) is 1. The molecule has 0 aliphatic rings. The van der Waals surface area contributed by atoms with Gasteiger partial charge in [0.2, 0.25) is 0 Å². The van der Waals surface area contributed by atoms with E-state index in [1.807, 2.05) is 6.07 Å². The van der Waals surface area contributed by atoms with E-state index in [0.29, 0.717) is 0 Å². The minimum absolute atomic E-state index is 0.824. The molecular weight excluding hydrogens is 337 g/mol. The minimum atomic E-state index is 0.824. The standard InChI is InChI=1S/C15H16INO/c1-11-8-12(6-7-15(11)18-2)10-17-14-5-3-4-13(16)9-14/h3-9,17H,10H2,1-2H3. The molecule has 3 heteroatoms. The lowest BCUT2D eigenvalue weighted by atomic mass is 10.1. The van der Waals surface area contributed by atoms with Crippen LogP contribution in [0.1, 0.15) is 11.1 Å². The van der Waals surface area contributed by atoms with Crippen LogP contribution in [0.3, 0.4) is 0 Å². The lowest BCUT2D eigenvalue weighted by Crippen LogP contribution is -2.00. The summed E-state index contributed by atoms with van der Waals surface area (Å²) in [6.45, 7) is 2.89. The number of hydrogen-bond donors (Lipinski definition) is 1. The van der Waals surface area contributed by atoms with Crippen LogP contribution in [0.15, 0.2) is 42.5 Å². The zero-order valence-corrected chi connectivity index (χ0v) is 12.7. The number of benzene rings is 2. The molecule has 0 fully saturated rings. The van der Waals surface area contributed by atoms with Crippen LogP contribution in [0.2, 0.25) is 0 Å². The van der Waals surface area contributed by atoms with Crippen molar-refractivity contribution in [3.05, 3.63) is 57.2 Å². The van der Waals surface area contributed by atoms with Crippen LogP contribution < -0.4 is 10.1 Å². The fourth-order valence-corrected chi connectivity index (χ4v) is 2.40. The Hall–Kier alpha value is -1.23. The number of halogens is 1. The van der Waals surface area contributed by atoms with Crippen LogP contribution in [0.4, 0.5) is 5.69 Å². The van der Waals surface area contributed by atoms with E-state index in [-0.39, 0.29) is 0 Å². The van der Waals surface area contributed by atoms with E-state index >= 15 is 0 Å². The summed E-state index contributed by atoms with van der Waals surface area (Å²) < 4.78 is 6.50. The molecule has 0 spiro atoms. The predicted molar refractivity (Wildman–Crippen MR) is 84.2 cm³/mol.